The first-order valence-electron chi connectivity index (χ1n) is 3.17. The minimum Gasteiger partial charge on any atom is -0.398 e. The fourth-order valence-corrected chi connectivity index (χ4v) is 1.14. The molecule has 0 unspecified atom stereocenters. The van der Waals surface area contributed by atoms with Crippen LogP contribution in [0.15, 0.2) is 6.07 Å². The number of aryl methyl sites for hydroxylation is 1. The van der Waals surface area contributed by atoms with Crippen molar-refractivity contribution in [3.8, 4) is 0 Å². The van der Waals surface area contributed by atoms with Crippen LogP contribution in [0.5, 0.6) is 0 Å². The average molecular weight is 173 g/mol. The van der Waals surface area contributed by atoms with Crippen LogP contribution >= 0.6 is 11.6 Å². The quantitative estimate of drug-likeness (QED) is 0.625. The molecule has 0 aliphatic rings. The SMILES string of the molecule is Cc1cc(N)c(CO)c(Cl)n1. The smallest absolute Gasteiger partial charge is 0.136 e. The van der Waals surface area contributed by atoms with Crippen molar-refractivity contribution in [1.29, 1.82) is 0 Å². The van der Waals surface area contributed by atoms with Crippen LogP contribution in [0.3, 0.4) is 0 Å². The molecule has 0 radical (unpaired) electrons. The van der Waals surface area contributed by atoms with E-state index in [4.69, 9.17) is 22.4 Å². The van der Waals surface area contributed by atoms with Gasteiger partial charge in [0, 0.05) is 16.9 Å². The zero-order valence-electron chi connectivity index (χ0n) is 6.13. The van der Waals surface area contributed by atoms with Crippen molar-refractivity contribution in [1.82, 2.24) is 4.98 Å². The summed E-state index contributed by atoms with van der Waals surface area (Å²) >= 11 is 5.68. The largest absolute Gasteiger partial charge is 0.398 e. The summed E-state index contributed by atoms with van der Waals surface area (Å²) in [5.74, 6) is 0. The summed E-state index contributed by atoms with van der Waals surface area (Å²) in [6.07, 6.45) is 0. The van der Waals surface area contributed by atoms with Gasteiger partial charge in [-0.3, -0.25) is 0 Å². The van der Waals surface area contributed by atoms with Gasteiger partial charge >= 0.3 is 0 Å². The van der Waals surface area contributed by atoms with Crippen molar-refractivity contribution >= 4 is 17.3 Å². The summed E-state index contributed by atoms with van der Waals surface area (Å²) in [7, 11) is 0. The number of nitrogens with two attached hydrogens (primary N) is 1. The van der Waals surface area contributed by atoms with Gasteiger partial charge in [-0.05, 0) is 13.0 Å². The lowest BCUT2D eigenvalue weighted by molar-refractivity contribution is 0.282. The average Bonchev–Trinajstić information content (AvgIpc) is 1.85. The zero-order chi connectivity index (χ0) is 8.43. The standard InChI is InChI=1S/C7H9ClN2O/c1-4-2-6(9)5(3-11)7(8)10-4/h2,11H,3H2,1H3,(H2,9,10). The molecule has 60 valence electrons. The molecule has 0 saturated carbocycles. The first kappa shape index (κ1) is 8.30. The van der Waals surface area contributed by atoms with Gasteiger partial charge in [-0.2, -0.15) is 0 Å². The molecule has 3 nitrogen and oxygen atoms in total. The molecule has 4 heteroatoms. The summed E-state index contributed by atoms with van der Waals surface area (Å²) in [5.41, 5.74) is 7.29. The molecule has 1 rings (SSSR count). The Kier molecular flexibility index (Phi) is 2.31. The third-order valence-electron chi connectivity index (χ3n) is 1.39. The predicted octanol–water partition coefficient (Wildman–Crippen LogP) is 1.12. The molecule has 1 heterocycles. The van der Waals surface area contributed by atoms with Crippen LogP contribution in [0, 0.1) is 6.92 Å². The highest BCUT2D eigenvalue weighted by atomic mass is 35.5. The van der Waals surface area contributed by atoms with Crippen LogP contribution in [0.2, 0.25) is 5.15 Å². The van der Waals surface area contributed by atoms with Gasteiger partial charge in [-0.25, -0.2) is 4.98 Å². The first-order chi connectivity index (χ1) is 5.15. The van der Waals surface area contributed by atoms with E-state index in [1.807, 2.05) is 0 Å². The maximum absolute atomic E-state index is 8.79. The number of halogens is 1. The number of nitrogens with zero attached hydrogens (tertiary/aromatic N) is 1. The number of rotatable bonds is 1. The fraction of sp³-hybridized carbons (Fsp3) is 0.286. The summed E-state index contributed by atoms with van der Waals surface area (Å²) < 4.78 is 0. The van der Waals surface area contributed by atoms with Crippen molar-refractivity contribution in [3.63, 3.8) is 0 Å². The summed E-state index contributed by atoms with van der Waals surface area (Å²) in [6.45, 7) is 1.63. The lowest BCUT2D eigenvalue weighted by Crippen LogP contribution is -1.98. The normalized spacial score (nSPS) is 10.1. The second kappa shape index (κ2) is 3.07. The van der Waals surface area contributed by atoms with Crippen LogP contribution in [0.25, 0.3) is 0 Å². The predicted molar refractivity (Wildman–Crippen MR) is 44.3 cm³/mol. The Bertz CT molecular complexity index is 252. The molecular weight excluding hydrogens is 164 g/mol. The van der Waals surface area contributed by atoms with Gasteiger partial charge in [0.15, 0.2) is 0 Å². The molecular formula is C7H9ClN2O. The van der Waals surface area contributed by atoms with E-state index in [0.717, 1.165) is 5.69 Å². The van der Waals surface area contributed by atoms with Gasteiger partial charge < -0.3 is 10.8 Å². The topological polar surface area (TPSA) is 59.1 Å². The van der Waals surface area contributed by atoms with Gasteiger partial charge in [-0.1, -0.05) is 11.6 Å². The number of anilines is 1. The maximum atomic E-state index is 8.79. The Balaban J connectivity index is 3.25. The number of aromatic nitrogens is 1. The molecule has 1 aromatic rings. The fourth-order valence-electron chi connectivity index (χ4n) is 0.842. The van der Waals surface area contributed by atoms with Crippen LogP contribution in [-0.4, -0.2) is 10.1 Å². The van der Waals surface area contributed by atoms with E-state index in [0.29, 0.717) is 11.3 Å². The van der Waals surface area contributed by atoms with E-state index in [1.54, 1.807) is 13.0 Å². The minimum atomic E-state index is -0.169. The van der Waals surface area contributed by atoms with E-state index < -0.39 is 0 Å². The molecule has 0 aliphatic heterocycles. The second-order valence-electron chi connectivity index (χ2n) is 2.28. The van der Waals surface area contributed by atoms with Crippen LogP contribution in [0.4, 0.5) is 5.69 Å². The van der Waals surface area contributed by atoms with Crippen LogP contribution in [-0.2, 0) is 6.61 Å². The molecule has 11 heavy (non-hydrogen) atoms. The minimum absolute atomic E-state index is 0.169. The lowest BCUT2D eigenvalue weighted by atomic mass is 10.2. The van der Waals surface area contributed by atoms with Gasteiger partial charge in [0.2, 0.25) is 0 Å². The number of hydrogen-bond acceptors (Lipinski definition) is 3. The van der Waals surface area contributed by atoms with Crippen molar-refractivity contribution in [2.75, 3.05) is 5.73 Å². The van der Waals surface area contributed by atoms with Crippen molar-refractivity contribution in [2.24, 2.45) is 0 Å². The van der Waals surface area contributed by atoms with Gasteiger partial charge in [0.1, 0.15) is 5.15 Å². The Hall–Kier alpha value is -0.800. The number of nitrogen functional groups attached to an aromatic ring is 1. The molecule has 0 saturated heterocycles. The second-order valence-corrected chi connectivity index (χ2v) is 2.64. The Labute approximate surface area is 69.8 Å². The lowest BCUT2D eigenvalue weighted by Gasteiger charge is -2.04. The van der Waals surface area contributed by atoms with Gasteiger partial charge in [-0.15, -0.1) is 0 Å². The van der Waals surface area contributed by atoms with E-state index in [2.05, 4.69) is 4.98 Å². The molecule has 1 aromatic heterocycles. The number of pyridine rings is 1. The Morgan fingerprint density at radius 2 is 2.36 bits per heavy atom. The molecule has 0 spiro atoms. The summed E-state index contributed by atoms with van der Waals surface area (Å²) in [4.78, 5) is 3.93. The van der Waals surface area contributed by atoms with Gasteiger partial charge in [0.05, 0.1) is 6.61 Å². The molecule has 0 atom stereocenters. The third-order valence-corrected chi connectivity index (χ3v) is 1.71. The Morgan fingerprint density at radius 1 is 1.73 bits per heavy atom. The monoisotopic (exact) mass is 172 g/mol. The summed E-state index contributed by atoms with van der Waals surface area (Å²) in [5, 5.41) is 9.07. The van der Waals surface area contributed by atoms with E-state index in [-0.39, 0.29) is 11.8 Å². The Morgan fingerprint density at radius 3 is 2.82 bits per heavy atom. The molecule has 0 aromatic carbocycles. The molecule has 0 aliphatic carbocycles. The van der Waals surface area contributed by atoms with Crippen molar-refractivity contribution in [3.05, 3.63) is 22.5 Å². The third kappa shape index (κ3) is 1.61. The molecule has 0 fully saturated rings. The van der Waals surface area contributed by atoms with Gasteiger partial charge in [0.25, 0.3) is 0 Å². The van der Waals surface area contributed by atoms with E-state index >= 15 is 0 Å². The van der Waals surface area contributed by atoms with Crippen LogP contribution in [0.1, 0.15) is 11.3 Å². The van der Waals surface area contributed by atoms with E-state index in [1.165, 1.54) is 0 Å². The highest BCUT2D eigenvalue weighted by molar-refractivity contribution is 6.30. The van der Waals surface area contributed by atoms with Crippen LogP contribution < -0.4 is 5.73 Å². The number of hydrogen-bond donors (Lipinski definition) is 2. The highest BCUT2D eigenvalue weighted by Crippen LogP contribution is 2.20. The molecule has 0 bridgehead atoms. The first-order valence-corrected chi connectivity index (χ1v) is 3.55. The van der Waals surface area contributed by atoms with Crippen molar-refractivity contribution < 1.29 is 5.11 Å². The maximum Gasteiger partial charge on any atom is 0.136 e. The zero-order valence-corrected chi connectivity index (χ0v) is 6.89. The summed E-state index contributed by atoms with van der Waals surface area (Å²) in [6, 6.07) is 1.68. The number of aliphatic hydroxyl groups is 1. The highest BCUT2D eigenvalue weighted by Gasteiger charge is 2.04. The molecule has 3 N–H and O–H groups in total. The van der Waals surface area contributed by atoms with E-state index in [9.17, 15) is 0 Å². The van der Waals surface area contributed by atoms with Crippen molar-refractivity contribution in [2.45, 2.75) is 13.5 Å². The number of aliphatic hydroxyl groups excluding tert-OH is 1. The molecule has 0 amide bonds.